The number of anilines is 1. The van der Waals surface area contributed by atoms with Crippen molar-refractivity contribution in [2.24, 2.45) is 5.10 Å². The molecule has 6 nitrogen and oxygen atoms in total. The van der Waals surface area contributed by atoms with Crippen LogP contribution in [0, 0.1) is 0 Å². The van der Waals surface area contributed by atoms with Gasteiger partial charge in [0.15, 0.2) is 0 Å². The summed E-state index contributed by atoms with van der Waals surface area (Å²) in [6.07, 6.45) is 1.49. The normalized spacial score (nSPS) is 11.8. The van der Waals surface area contributed by atoms with Crippen LogP contribution < -0.4 is 9.73 Å². The lowest BCUT2D eigenvalue weighted by molar-refractivity contribution is -0.119. The number of sulfonamides is 1. The Bertz CT molecular complexity index is 1170. The molecule has 0 unspecified atom stereocenters. The van der Waals surface area contributed by atoms with Gasteiger partial charge in [0.05, 0.1) is 10.6 Å². The topological polar surface area (TPSA) is 78.8 Å². The Morgan fingerprint density at radius 2 is 1.53 bits per heavy atom. The van der Waals surface area contributed by atoms with Gasteiger partial charge in [0.25, 0.3) is 15.9 Å². The third-order valence-electron chi connectivity index (χ3n) is 4.72. The van der Waals surface area contributed by atoms with Gasteiger partial charge < -0.3 is 0 Å². The maximum absolute atomic E-state index is 13.2. The third kappa shape index (κ3) is 6.51. The summed E-state index contributed by atoms with van der Waals surface area (Å²) in [4.78, 5) is 12.7. The standard InChI is InChI=1S/C24H24BrN3O3S/c1-19(12-13-20-8-4-2-5-9-20)26-27-24(29)18-28(22-16-14-21(25)15-17-22)32(30,31)23-10-6-3-7-11-23/h2-11,14-17H,12-13,18H2,1H3,(H,27,29)/b26-19+. The van der Waals surface area contributed by atoms with Crippen LogP contribution in [0.5, 0.6) is 0 Å². The summed E-state index contributed by atoms with van der Waals surface area (Å²) in [7, 11) is -3.94. The van der Waals surface area contributed by atoms with E-state index in [4.69, 9.17) is 0 Å². The maximum Gasteiger partial charge on any atom is 0.264 e. The van der Waals surface area contributed by atoms with E-state index in [0.717, 1.165) is 20.9 Å². The molecule has 0 aromatic heterocycles. The SMILES string of the molecule is C/C(CCc1ccccc1)=N\NC(=O)CN(c1ccc(Br)cc1)S(=O)(=O)c1ccccc1. The number of nitrogens with one attached hydrogen (secondary N) is 1. The lowest BCUT2D eigenvalue weighted by Crippen LogP contribution is -2.39. The van der Waals surface area contributed by atoms with Gasteiger partial charge in [-0.25, -0.2) is 13.8 Å². The predicted molar refractivity (Wildman–Crippen MR) is 131 cm³/mol. The van der Waals surface area contributed by atoms with Crippen molar-refractivity contribution in [2.75, 3.05) is 10.8 Å². The molecule has 32 heavy (non-hydrogen) atoms. The van der Waals surface area contributed by atoms with Gasteiger partial charge >= 0.3 is 0 Å². The quantitative estimate of drug-likeness (QED) is 0.330. The summed E-state index contributed by atoms with van der Waals surface area (Å²) in [5.41, 5.74) is 4.81. The number of benzene rings is 3. The number of nitrogens with zero attached hydrogens (tertiary/aromatic N) is 2. The zero-order valence-electron chi connectivity index (χ0n) is 17.6. The fourth-order valence-electron chi connectivity index (χ4n) is 2.99. The zero-order chi connectivity index (χ0) is 23.0. The Kier molecular flexibility index (Phi) is 8.19. The van der Waals surface area contributed by atoms with Gasteiger partial charge in [0.1, 0.15) is 6.54 Å². The van der Waals surface area contributed by atoms with Gasteiger partial charge in [-0.05, 0) is 61.7 Å². The van der Waals surface area contributed by atoms with E-state index < -0.39 is 22.5 Å². The lowest BCUT2D eigenvalue weighted by atomic mass is 10.1. The van der Waals surface area contributed by atoms with Crippen molar-refractivity contribution in [3.63, 3.8) is 0 Å². The maximum atomic E-state index is 13.2. The Labute approximate surface area is 197 Å². The average molecular weight is 514 g/mol. The van der Waals surface area contributed by atoms with Crippen molar-refractivity contribution < 1.29 is 13.2 Å². The monoisotopic (exact) mass is 513 g/mol. The summed E-state index contributed by atoms with van der Waals surface area (Å²) in [6.45, 7) is 1.44. The molecule has 8 heteroatoms. The van der Waals surface area contributed by atoms with E-state index in [-0.39, 0.29) is 4.90 Å². The highest BCUT2D eigenvalue weighted by Crippen LogP contribution is 2.25. The summed E-state index contributed by atoms with van der Waals surface area (Å²) in [6, 6.07) is 24.8. The second-order valence-corrected chi connectivity index (χ2v) is 9.95. The molecule has 0 spiro atoms. The summed E-state index contributed by atoms with van der Waals surface area (Å²) < 4.78 is 28.4. The molecule has 0 aliphatic carbocycles. The van der Waals surface area contributed by atoms with E-state index >= 15 is 0 Å². The number of hydrogen-bond donors (Lipinski definition) is 1. The Balaban J connectivity index is 1.73. The van der Waals surface area contributed by atoms with E-state index in [2.05, 4.69) is 26.5 Å². The molecule has 0 fully saturated rings. The first kappa shape index (κ1) is 23.7. The summed E-state index contributed by atoms with van der Waals surface area (Å²) in [5, 5.41) is 4.14. The predicted octanol–water partition coefficient (Wildman–Crippen LogP) is 4.77. The molecule has 3 aromatic rings. The van der Waals surface area contributed by atoms with Gasteiger partial charge in [-0.2, -0.15) is 5.10 Å². The number of carbonyl (C=O) groups is 1. The molecule has 0 saturated carbocycles. The summed E-state index contributed by atoms with van der Waals surface area (Å²) in [5.74, 6) is -0.522. The zero-order valence-corrected chi connectivity index (χ0v) is 20.0. The van der Waals surface area contributed by atoms with Gasteiger partial charge in [-0.15, -0.1) is 0 Å². The van der Waals surface area contributed by atoms with Crippen molar-refractivity contribution in [1.29, 1.82) is 0 Å². The fourth-order valence-corrected chi connectivity index (χ4v) is 4.70. The molecule has 166 valence electrons. The highest BCUT2D eigenvalue weighted by Gasteiger charge is 2.27. The molecule has 3 aromatic carbocycles. The molecule has 0 saturated heterocycles. The van der Waals surface area contributed by atoms with E-state index in [1.165, 1.54) is 17.7 Å². The van der Waals surface area contributed by atoms with E-state index in [1.54, 1.807) is 42.5 Å². The van der Waals surface area contributed by atoms with Crippen LogP contribution in [0.2, 0.25) is 0 Å². The molecule has 0 bridgehead atoms. The van der Waals surface area contributed by atoms with Crippen LogP contribution >= 0.6 is 15.9 Å². The smallest absolute Gasteiger partial charge is 0.264 e. The van der Waals surface area contributed by atoms with E-state index in [0.29, 0.717) is 12.1 Å². The molecular weight excluding hydrogens is 490 g/mol. The van der Waals surface area contributed by atoms with Crippen LogP contribution in [0.1, 0.15) is 18.9 Å². The van der Waals surface area contributed by atoms with Crippen molar-refractivity contribution in [3.05, 3.63) is 95.0 Å². The molecular formula is C24H24BrN3O3S. The number of aryl methyl sites for hydroxylation is 1. The van der Waals surface area contributed by atoms with Crippen molar-refractivity contribution in [3.8, 4) is 0 Å². The molecule has 0 radical (unpaired) electrons. The number of amides is 1. The van der Waals surface area contributed by atoms with Gasteiger partial charge in [-0.1, -0.05) is 64.5 Å². The lowest BCUT2D eigenvalue weighted by Gasteiger charge is -2.23. The number of halogens is 1. The minimum Gasteiger partial charge on any atom is -0.271 e. The van der Waals surface area contributed by atoms with Gasteiger partial charge in [0, 0.05) is 10.2 Å². The molecule has 0 aliphatic rings. The minimum atomic E-state index is -3.94. The van der Waals surface area contributed by atoms with Crippen LogP contribution in [0.15, 0.2) is 99.4 Å². The van der Waals surface area contributed by atoms with Gasteiger partial charge in [-0.3, -0.25) is 9.10 Å². The number of hydrogen-bond acceptors (Lipinski definition) is 4. The number of rotatable bonds is 9. The average Bonchev–Trinajstić information content (AvgIpc) is 2.81. The van der Waals surface area contributed by atoms with Crippen LogP contribution in [0.25, 0.3) is 0 Å². The Morgan fingerprint density at radius 3 is 2.16 bits per heavy atom. The number of hydrazone groups is 1. The second-order valence-electron chi connectivity index (χ2n) is 7.17. The van der Waals surface area contributed by atoms with Crippen molar-refractivity contribution in [1.82, 2.24) is 5.43 Å². The van der Waals surface area contributed by atoms with Crippen LogP contribution in [0.4, 0.5) is 5.69 Å². The van der Waals surface area contributed by atoms with Crippen molar-refractivity contribution in [2.45, 2.75) is 24.7 Å². The first-order chi connectivity index (χ1) is 15.4. The fraction of sp³-hybridized carbons (Fsp3) is 0.167. The molecule has 0 aliphatic heterocycles. The molecule has 1 amide bonds. The van der Waals surface area contributed by atoms with Crippen LogP contribution in [-0.4, -0.2) is 26.6 Å². The highest BCUT2D eigenvalue weighted by molar-refractivity contribution is 9.10. The molecule has 0 atom stereocenters. The van der Waals surface area contributed by atoms with Crippen LogP contribution in [0.3, 0.4) is 0 Å². The highest BCUT2D eigenvalue weighted by atomic mass is 79.9. The van der Waals surface area contributed by atoms with E-state index in [9.17, 15) is 13.2 Å². The largest absolute Gasteiger partial charge is 0.271 e. The Morgan fingerprint density at radius 1 is 0.938 bits per heavy atom. The molecule has 0 heterocycles. The van der Waals surface area contributed by atoms with Crippen molar-refractivity contribution >= 4 is 43.3 Å². The second kappa shape index (κ2) is 11.1. The first-order valence-electron chi connectivity index (χ1n) is 10.1. The van der Waals surface area contributed by atoms with Crippen LogP contribution in [-0.2, 0) is 21.2 Å². The minimum absolute atomic E-state index is 0.110. The molecule has 1 N–H and O–H groups in total. The molecule has 3 rings (SSSR count). The first-order valence-corrected chi connectivity index (χ1v) is 12.3. The third-order valence-corrected chi connectivity index (χ3v) is 7.04. The van der Waals surface area contributed by atoms with Gasteiger partial charge in [0.2, 0.25) is 0 Å². The Hall–Kier alpha value is -2.97. The number of carbonyl (C=O) groups excluding carboxylic acids is 1. The van der Waals surface area contributed by atoms with E-state index in [1.807, 2.05) is 37.3 Å². The summed E-state index contributed by atoms with van der Waals surface area (Å²) >= 11 is 3.35.